The van der Waals surface area contributed by atoms with Gasteiger partial charge in [-0.15, -0.1) is 11.3 Å². The van der Waals surface area contributed by atoms with Gasteiger partial charge in [-0.25, -0.2) is 4.98 Å². The molecule has 1 saturated heterocycles. The molecule has 100 valence electrons. The Hall–Kier alpha value is -0.940. The second-order valence-corrected chi connectivity index (χ2v) is 6.79. The third kappa shape index (κ3) is 2.72. The molecule has 1 fully saturated rings. The van der Waals surface area contributed by atoms with Gasteiger partial charge in [0.1, 0.15) is 5.01 Å². The van der Waals surface area contributed by atoms with Crippen LogP contribution in [0, 0.1) is 24.7 Å². The average molecular weight is 266 g/mol. The van der Waals surface area contributed by atoms with E-state index >= 15 is 0 Å². The molecular formula is C13H22N4S. The molecule has 0 unspecified atom stereocenters. The van der Waals surface area contributed by atoms with Crippen LogP contribution in [0.1, 0.15) is 35.3 Å². The number of aryl methyl sites for hydroxylation is 2. The van der Waals surface area contributed by atoms with Crippen LogP contribution in [0.3, 0.4) is 0 Å². The summed E-state index contributed by atoms with van der Waals surface area (Å²) in [5.74, 6) is 0.336. The van der Waals surface area contributed by atoms with E-state index < -0.39 is 0 Å². The topological polar surface area (TPSA) is 66.0 Å². The quantitative estimate of drug-likeness (QED) is 0.651. The Kier molecular flexibility index (Phi) is 3.73. The highest BCUT2D eigenvalue weighted by atomic mass is 32.1. The minimum atomic E-state index is -0.0921. The second kappa shape index (κ2) is 4.97. The molecule has 0 radical (unpaired) electrons. The Morgan fingerprint density at radius 3 is 2.50 bits per heavy atom. The molecule has 3 N–H and O–H groups in total. The summed E-state index contributed by atoms with van der Waals surface area (Å²) in [6.45, 7) is 9.25. The second-order valence-electron chi connectivity index (χ2n) is 5.50. The fourth-order valence-electron chi connectivity index (χ4n) is 2.27. The van der Waals surface area contributed by atoms with Crippen molar-refractivity contribution >= 4 is 17.2 Å². The molecule has 0 bridgehead atoms. The summed E-state index contributed by atoms with van der Waals surface area (Å²) >= 11 is 1.79. The third-order valence-corrected chi connectivity index (χ3v) is 5.10. The zero-order valence-corrected chi connectivity index (χ0v) is 12.2. The van der Waals surface area contributed by atoms with Crippen molar-refractivity contribution in [1.29, 1.82) is 5.41 Å². The summed E-state index contributed by atoms with van der Waals surface area (Å²) in [6, 6.07) is 0. The van der Waals surface area contributed by atoms with E-state index in [-0.39, 0.29) is 5.41 Å². The lowest BCUT2D eigenvalue weighted by Crippen LogP contribution is -2.44. The van der Waals surface area contributed by atoms with Crippen LogP contribution >= 0.6 is 11.3 Å². The molecule has 0 atom stereocenters. The van der Waals surface area contributed by atoms with Gasteiger partial charge in [0, 0.05) is 10.3 Å². The molecule has 0 spiro atoms. The first-order valence-electron chi connectivity index (χ1n) is 6.40. The van der Waals surface area contributed by atoms with E-state index in [0.29, 0.717) is 5.84 Å². The van der Waals surface area contributed by atoms with Gasteiger partial charge in [0.15, 0.2) is 0 Å². The van der Waals surface area contributed by atoms with Crippen LogP contribution in [-0.4, -0.2) is 28.8 Å². The van der Waals surface area contributed by atoms with Gasteiger partial charge in [-0.3, -0.25) is 10.3 Å². The van der Waals surface area contributed by atoms with Crippen molar-refractivity contribution in [3.8, 4) is 0 Å². The molecule has 0 saturated carbocycles. The Morgan fingerprint density at radius 1 is 1.44 bits per heavy atom. The zero-order valence-electron chi connectivity index (χ0n) is 11.4. The van der Waals surface area contributed by atoms with Crippen molar-refractivity contribution in [2.45, 2.75) is 40.2 Å². The number of nitrogens with two attached hydrogens (primary N) is 1. The van der Waals surface area contributed by atoms with E-state index in [2.05, 4.69) is 30.7 Å². The lowest BCUT2D eigenvalue weighted by molar-refractivity contribution is 0.156. The van der Waals surface area contributed by atoms with Crippen LogP contribution in [0.25, 0.3) is 0 Å². The van der Waals surface area contributed by atoms with Crippen molar-refractivity contribution in [1.82, 2.24) is 9.88 Å². The van der Waals surface area contributed by atoms with Crippen LogP contribution < -0.4 is 5.73 Å². The Morgan fingerprint density at radius 2 is 2.06 bits per heavy atom. The maximum Gasteiger partial charge on any atom is 0.107 e. The van der Waals surface area contributed by atoms with Gasteiger partial charge in [-0.2, -0.15) is 0 Å². The van der Waals surface area contributed by atoms with E-state index in [0.717, 1.165) is 38.2 Å². The van der Waals surface area contributed by atoms with Gasteiger partial charge in [0.25, 0.3) is 0 Å². The summed E-state index contributed by atoms with van der Waals surface area (Å²) in [5.41, 5.74) is 6.74. The number of nitrogens with zero attached hydrogens (tertiary/aromatic N) is 2. The maximum atomic E-state index is 7.65. The highest BCUT2D eigenvalue weighted by molar-refractivity contribution is 7.11. The molecular weight excluding hydrogens is 244 g/mol. The van der Waals surface area contributed by atoms with Crippen LogP contribution in [0.5, 0.6) is 0 Å². The van der Waals surface area contributed by atoms with Crippen molar-refractivity contribution < 1.29 is 0 Å². The molecule has 2 rings (SSSR count). The van der Waals surface area contributed by atoms with E-state index in [1.807, 2.05) is 0 Å². The van der Waals surface area contributed by atoms with Gasteiger partial charge in [-0.05, 0) is 39.8 Å². The van der Waals surface area contributed by atoms with Gasteiger partial charge >= 0.3 is 0 Å². The molecule has 1 aromatic heterocycles. The minimum Gasteiger partial charge on any atom is -0.387 e. The predicted molar refractivity (Wildman–Crippen MR) is 76.1 cm³/mol. The summed E-state index contributed by atoms with van der Waals surface area (Å²) in [7, 11) is 0. The zero-order chi connectivity index (χ0) is 13.3. The van der Waals surface area contributed by atoms with Gasteiger partial charge in [-0.1, -0.05) is 6.92 Å². The summed E-state index contributed by atoms with van der Waals surface area (Å²) in [5, 5.41) is 8.86. The van der Waals surface area contributed by atoms with Gasteiger partial charge in [0.2, 0.25) is 0 Å². The molecule has 1 aliphatic heterocycles. The minimum absolute atomic E-state index is 0.0921. The number of rotatable bonds is 3. The number of hydrogen-bond donors (Lipinski definition) is 2. The first-order valence-corrected chi connectivity index (χ1v) is 7.22. The molecule has 0 aliphatic carbocycles. The maximum absolute atomic E-state index is 7.65. The Labute approximate surface area is 113 Å². The number of aromatic nitrogens is 1. The molecule has 5 heteroatoms. The first kappa shape index (κ1) is 13.5. The summed E-state index contributed by atoms with van der Waals surface area (Å²) < 4.78 is 0. The van der Waals surface area contributed by atoms with Crippen LogP contribution in [0.15, 0.2) is 0 Å². The number of likely N-dealkylation sites (tertiary alicyclic amines) is 1. The lowest BCUT2D eigenvalue weighted by Gasteiger charge is -2.38. The highest BCUT2D eigenvalue weighted by Gasteiger charge is 2.32. The summed E-state index contributed by atoms with van der Waals surface area (Å²) in [6.07, 6.45) is 1.96. The number of amidine groups is 1. The van der Waals surface area contributed by atoms with Crippen LogP contribution in [0.4, 0.5) is 0 Å². The number of piperidine rings is 1. The molecule has 4 nitrogen and oxygen atoms in total. The number of hydrogen-bond acceptors (Lipinski definition) is 4. The lowest BCUT2D eigenvalue weighted by atomic mass is 9.79. The molecule has 18 heavy (non-hydrogen) atoms. The normalized spacial score (nSPS) is 19.9. The number of thiazole rings is 1. The smallest absolute Gasteiger partial charge is 0.107 e. The molecule has 1 aromatic rings. The first-order chi connectivity index (χ1) is 8.40. The van der Waals surface area contributed by atoms with Crippen molar-refractivity contribution in [3.05, 3.63) is 15.6 Å². The Balaban J connectivity index is 1.93. The van der Waals surface area contributed by atoms with E-state index in [1.165, 1.54) is 9.88 Å². The molecule has 1 aliphatic rings. The Bertz CT molecular complexity index is 424. The largest absolute Gasteiger partial charge is 0.387 e. The van der Waals surface area contributed by atoms with Crippen molar-refractivity contribution in [2.24, 2.45) is 11.1 Å². The standard InChI is InChI=1S/C13H22N4S/c1-9-10(2)18-11(16-9)8-17-6-4-13(3,5-7-17)12(14)15/h4-8H2,1-3H3,(H3,14,15). The number of nitrogens with one attached hydrogen (secondary N) is 1. The van der Waals surface area contributed by atoms with Crippen LogP contribution in [0.2, 0.25) is 0 Å². The van der Waals surface area contributed by atoms with E-state index in [9.17, 15) is 0 Å². The van der Waals surface area contributed by atoms with Crippen molar-refractivity contribution in [3.63, 3.8) is 0 Å². The fourth-order valence-corrected chi connectivity index (χ4v) is 3.25. The monoisotopic (exact) mass is 266 g/mol. The van der Waals surface area contributed by atoms with Gasteiger partial charge in [0.05, 0.1) is 18.1 Å². The summed E-state index contributed by atoms with van der Waals surface area (Å²) in [4.78, 5) is 8.32. The van der Waals surface area contributed by atoms with Gasteiger partial charge < -0.3 is 5.73 Å². The van der Waals surface area contributed by atoms with E-state index in [4.69, 9.17) is 11.1 Å². The predicted octanol–water partition coefficient (Wildman–Crippen LogP) is 2.30. The van der Waals surface area contributed by atoms with E-state index in [1.54, 1.807) is 11.3 Å². The third-order valence-electron chi connectivity index (χ3n) is 4.04. The highest BCUT2D eigenvalue weighted by Crippen LogP contribution is 2.31. The average Bonchev–Trinajstić information content (AvgIpc) is 2.61. The fraction of sp³-hybridized carbons (Fsp3) is 0.692. The molecule has 0 aromatic carbocycles. The molecule has 0 amide bonds. The SMILES string of the molecule is Cc1nc(CN2CCC(C)(C(=N)N)CC2)sc1C. The van der Waals surface area contributed by atoms with Crippen LogP contribution in [-0.2, 0) is 6.54 Å². The van der Waals surface area contributed by atoms with Crippen molar-refractivity contribution in [2.75, 3.05) is 13.1 Å². The molecule has 2 heterocycles.